The van der Waals surface area contributed by atoms with Crippen molar-refractivity contribution in [2.75, 3.05) is 11.4 Å². The summed E-state index contributed by atoms with van der Waals surface area (Å²) in [4.78, 5) is 11.3. The van der Waals surface area contributed by atoms with E-state index < -0.39 is 0 Å². The van der Waals surface area contributed by atoms with E-state index in [1.807, 2.05) is 42.5 Å². The van der Waals surface area contributed by atoms with Gasteiger partial charge in [0.15, 0.2) is 5.82 Å². The Kier molecular flexibility index (Phi) is 10.5. The van der Waals surface area contributed by atoms with Gasteiger partial charge >= 0.3 is 0 Å². The highest BCUT2D eigenvalue weighted by Crippen LogP contribution is 2.37. The van der Waals surface area contributed by atoms with E-state index in [9.17, 15) is 0 Å². The molecule has 5 aromatic carbocycles. The maximum Gasteiger partial charge on any atom is 0.154 e. The number of rotatable bonds is 10. The molecule has 2 aromatic heterocycles. The lowest BCUT2D eigenvalue weighted by Crippen LogP contribution is -2.30. The summed E-state index contributed by atoms with van der Waals surface area (Å²) in [5.41, 5.74) is 11.5. The first kappa shape index (κ1) is 36.4. The van der Waals surface area contributed by atoms with Gasteiger partial charge in [-0.15, -0.1) is 0 Å². The molecule has 0 atom stereocenters. The highest BCUT2D eigenvalue weighted by molar-refractivity contribution is 5.97. The molecule has 0 bridgehead atoms. The predicted molar refractivity (Wildman–Crippen MR) is 233 cm³/mol. The number of allylic oxidation sites excluding steroid dienone is 6. The Hall–Kier alpha value is -7.56. The van der Waals surface area contributed by atoms with Gasteiger partial charge in [-0.25, -0.2) is 9.97 Å². The van der Waals surface area contributed by atoms with Crippen LogP contribution in [-0.4, -0.2) is 26.9 Å². The molecule has 2 heterocycles. The zero-order valence-electron chi connectivity index (χ0n) is 31.7. The van der Waals surface area contributed by atoms with Crippen LogP contribution in [0.4, 0.5) is 11.4 Å². The fourth-order valence-electron chi connectivity index (χ4n) is 7.47. The summed E-state index contributed by atoms with van der Waals surface area (Å²) in [6, 6.07) is 50.0. The van der Waals surface area contributed by atoms with Crippen LogP contribution in [0.2, 0.25) is 0 Å². The Morgan fingerprint density at radius 3 is 2.09 bits per heavy atom. The largest absolute Gasteiger partial charge is 0.357 e. The second-order valence-electron chi connectivity index (χ2n) is 13.9. The zero-order valence-corrected chi connectivity index (χ0v) is 31.7. The van der Waals surface area contributed by atoms with Gasteiger partial charge in [-0.1, -0.05) is 91.5 Å². The third-order valence-electron chi connectivity index (χ3n) is 10.3. The second kappa shape index (κ2) is 16.4. The van der Waals surface area contributed by atoms with Gasteiger partial charge < -0.3 is 14.8 Å². The minimum Gasteiger partial charge on any atom is -0.357 e. The fraction of sp³-hybridized carbons (Fsp3) is 0.0800. The van der Waals surface area contributed by atoms with Crippen molar-refractivity contribution in [3.63, 3.8) is 0 Å². The molecule has 0 spiro atoms. The van der Waals surface area contributed by atoms with Gasteiger partial charge in [0, 0.05) is 56.9 Å². The molecule has 7 nitrogen and oxygen atoms in total. The zero-order chi connectivity index (χ0) is 39.1. The monoisotopic (exact) mass is 739 g/mol. The first-order chi connectivity index (χ1) is 28.0. The number of para-hydroxylation sites is 1. The standard InChI is InChI=1S/C50H41N7/c1-35(37-13-6-3-7-14-37)33-46(38-15-8-4-9-16-38)48-36(2)45-34-44(27-28-47(45)57(48)41-17-10-5-11-18-41)56(42-23-19-39(20-24-42)49(52)53-32-29-51)43-25-21-40(22-26-43)50-54-30-12-31-55-50/h3-21,23-25,27-28,30-31,33-34H,2,22,26,32H2,1H3,(H2,52,53)/b35-33+,48-46-. The smallest absolute Gasteiger partial charge is 0.154 e. The maximum atomic E-state index is 9.05. The molecule has 0 saturated carbocycles. The molecule has 0 unspecified atom stereocenters. The number of nitriles is 1. The van der Waals surface area contributed by atoms with Crippen LogP contribution in [0.25, 0.3) is 39.9 Å². The normalized spacial score (nSPS) is 13.3. The lowest BCUT2D eigenvalue weighted by atomic mass is 9.99. The quantitative estimate of drug-likeness (QED) is 0.0829. The van der Waals surface area contributed by atoms with Crippen LogP contribution in [0.1, 0.15) is 42.3 Å². The molecule has 0 aliphatic heterocycles. The van der Waals surface area contributed by atoms with Crippen LogP contribution in [0, 0.1) is 16.7 Å². The van der Waals surface area contributed by atoms with E-state index in [1.165, 1.54) is 0 Å². The fourth-order valence-corrected chi connectivity index (χ4v) is 7.47. The Balaban J connectivity index is 1.35. The van der Waals surface area contributed by atoms with Gasteiger partial charge in [0.25, 0.3) is 0 Å². The van der Waals surface area contributed by atoms with E-state index in [1.54, 1.807) is 12.4 Å². The number of aromatic nitrogens is 3. The minimum atomic E-state index is 0.0719. The van der Waals surface area contributed by atoms with E-state index >= 15 is 0 Å². The topological polar surface area (TPSA) is 93.6 Å². The first-order valence-electron chi connectivity index (χ1n) is 19.0. The SMILES string of the molecule is C=c1/c(=C(\C=C(/C)c2ccccc2)c2ccccc2)n(-c2ccccc2)c2ccc(N(C3=CC=C(c4ncccn4)CC3)c3ccc(C(=N)NCC#N)cc3)cc12. The summed E-state index contributed by atoms with van der Waals surface area (Å²) in [6.07, 6.45) is 11.7. The molecule has 0 fully saturated rings. The van der Waals surface area contributed by atoms with E-state index in [4.69, 9.17) is 17.3 Å². The lowest BCUT2D eigenvalue weighted by molar-refractivity contribution is 0.914. The van der Waals surface area contributed by atoms with Crippen LogP contribution in [-0.2, 0) is 0 Å². The Morgan fingerprint density at radius 1 is 0.789 bits per heavy atom. The molecule has 1 aliphatic rings. The van der Waals surface area contributed by atoms with Gasteiger partial charge in [-0.2, -0.15) is 5.26 Å². The Labute approximate surface area is 332 Å². The Morgan fingerprint density at radius 2 is 1.44 bits per heavy atom. The molecule has 2 N–H and O–H groups in total. The molecule has 1 aliphatic carbocycles. The number of fused-ring (bicyclic) bond motifs is 1. The summed E-state index contributed by atoms with van der Waals surface area (Å²) < 4.78 is 2.34. The van der Waals surface area contributed by atoms with Gasteiger partial charge in [-0.3, -0.25) is 5.41 Å². The number of amidine groups is 1. The molecule has 57 heavy (non-hydrogen) atoms. The van der Waals surface area contributed by atoms with E-state index in [0.29, 0.717) is 5.56 Å². The first-order valence-corrected chi connectivity index (χ1v) is 19.0. The third kappa shape index (κ3) is 7.57. The summed E-state index contributed by atoms with van der Waals surface area (Å²) in [5.74, 6) is 0.953. The molecule has 7 heteroatoms. The highest BCUT2D eigenvalue weighted by Gasteiger charge is 2.21. The van der Waals surface area contributed by atoms with Crippen molar-refractivity contribution in [1.82, 2.24) is 19.9 Å². The van der Waals surface area contributed by atoms with Crippen LogP contribution in [0.15, 0.2) is 176 Å². The molecular weight excluding hydrogens is 699 g/mol. The number of nitrogens with zero attached hydrogens (tertiary/aromatic N) is 5. The number of hydrogen-bond acceptors (Lipinski definition) is 5. The van der Waals surface area contributed by atoms with Gasteiger partial charge in [0.2, 0.25) is 0 Å². The predicted octanol–water partition coefficient (Wildman–Crippen LogP) is 9.47. The minimum absolute atomic E-state index is 0.0719. The van der Waals surface area contributed by atoms with Crippen molar-refractivity contribution in [1.29, 1.82) is 10.7 Å². The van der Waals surface area contributed by atoms with Crippen LogP contribution >= 0.6 is 0 Å². The van der Waals surface area contributed by atoms with Crippen LogP contribution < -0.4 is 20.8 Å². The van der Waals surface area contributed by atoms with Crippen molar-refractivity contribution < 1.29 is 0 Å². The van der Waals surface area contributed by atoms with Crippen molar-refractivity contribution in [3.8, 4) is 11.8 Å². The summed E-state index contributed by atoms with van der Waals surface area (Å²) in [5, 5.41) is 23.4. The van der Waals surface area contributed by atoms with E-state index in [2.05, 4.69) is 153 Å². The molecule has 7 aromatic rings. The average Bonchev–Trinajstić information content (AvgIpc) is 3.57. The van der Waals surface area contributed by atoms with Crippen LogP contribution in [0.3, 0.4) is 0 Å². The van der Waals surface area contributed by atoms with Gasteiger partial charge in [0.05, 0.1) is 16.9 Å². The van der Waals surface area contributed by atoms with E-state index in [0.717, 1.165) is 90.7 Å². The Bertz CT molecular complexity index is 2810. The second-order valence-corrected chi connectivity index (χ2v) is 13.9. The van der Waals surface area contributed by atoms with E-state index in [-0.39, 0.29) is 12.4 Å². The number of nitrogens with one attached hydrogen (secondary N) is 2. The van der Waals surface area contributed by atoms with Crippen molar-refractivity contribution in [2.45, 2.75) is 19.8 Å². The highest BCUT2D eigenvalue weighted by atomic mass is 15.1. The molecule has 276 valence electrons. The molecule has 0 radical (unpaired) electrons. The van der Waals surface area contributed by atoms with Crippen molar-refractivity contribution in [2.24, 2.45) is 0 Å². The average molecular weight is 740 g/mol. The molecule has 0 amide bonds. The van der Waals surface area contributed by atoms with Gasteiger partial charge in [0.1, 0.15) is 12.4 Å². The maximum absolute atomic E-state index is 9.05. The number of hydrogen-bond donors (Lipinski definition) is 2. The molecule has 8 rings (SSSR count). The van der Waals surface area contributed by atoms with Gasteiger partial charge in [-0.05, 0) is 115 Å². The summed E-state index contributed by atoms with van der Waals surface area (Å²) in [6.45, 7) is 7.06. The summed E-state index contributed by atoms with van der Waals surface area (Å²) >= 11 is 0. The number of benzene rings is 5. The summed E-state index contributed by atoms with van der Waals surface area (Å²) in [7, 11) is 0. The lowest BCUT2D eigenvalue weighted by Gasteiger charge is -2.30. The molecular formula is C50H41N7. The van der Waals surface area contributed by atoms with Crippen molar-refractivity contribution in [3.05, 3.63) is 209 Å². The number of anilines is 2. The third-order valence-corrected chi connectivity index (χ3v) is 10.3. The van der Waals surface area contributed by atoms with Crippen molar-refractivity contribution >= 4 is 51.4 Å². The van der Waals surface area contributed by atoms with Crippen LogP contribution in [0.5, 0.6) is 0 Å². The molecule has 0 saturated heterocycles.